The number of hydrogen-bond donors (Lipinski definition) is 1. The van der Waals surface area contributed by atoms with E-state index in [2.05, 4.69) is 47.6 Å². The fraction of sp³-hybridized carbons (Fsp3) is 0.800. The van der Waals surface area contributed by atoms with Gasteiger partial charge in [-0.2, -0.15) is 0 Å². The van der Waals surface area contributed by atoms with Crippen LogP contribution in [0.1, 0.15) is 45.9 Å². The number of aromatic nitrogens is 2. The number of nitrogens with one attached hydrogen (secondary N) is 1. The Morgan fingerprint density at radius 2 is 2.16 bits per heavy atom. The summed E-state index contributed by atoms with van der Waals surface area (Å²) < 4.78 is 2.13. The van der Waals surface area contributed by atoms with Crippen molar-refractivity contribution < 1.29 is 0 Å². The molecule has 1 fully saturated rings. The molecule has 1 aromatic rings. The molecule has 108 valence electrons. The molecular weight excluding hydrogens is 236 g/mol. The largest absolute Gasteiger partial charge is 0.337 e. The molecule has 1 unspecified atom stereocenters. The maximum Gasteiger partial charge on any atom is 0.122 e. The van der Waals surface area contributed by atoms with Gasteiger partial charge in [-0.05, 0) is 40.2 Å². The Morgan fingerprint density at radius 3 is 2.79 bits per heavy atom. The van der Waals surface area contributed by atoms with Crippen LogP contribution < -0.4 is 5.32 Å². The molecule has 1 aromatic heterocycles. The van der Waals surface area contributed by atoms with E-state index in [0.29, 0.717) is 6.04 Å². The standard InChI is InChI=1S/C15H28N4/c1-15(2,3)17-11-13-7-5-6-9-19(13)12-14-16-8-10-18(14)4/h8,10,13,17H,5-7,9,11-12H2,1-4H3. The van der Waals surface area contributed by atoms with Crippen LogP contribution in [0.4, 0.5) is 0 Å². The van der Waals surface area contributed by atoms with Gasteiger partial charge in [0.2, 0.25) is 0 Å². The van der Waals surface area contributed by atoms with Crippen molar-refractivity contribution in [1.82, 2.24) is 19.8 Å². The van der Waals surface area contributed by atoms with Crippen LogP contribution in [0, 0.1) is 0 Å². The van der Waals surface area contributed by atoms with Crippen LogP contribution in [0.2, 0.25) is 0 Å². The van der Waals surface area contributed by atoms with Gasteiger partial charge in [0.25, 0.3) is 0 Å². The molecule has 1 aliphatic rings. The lowest BCUT2D eigenvalue weighted by Crippen LogP contribution is -2.49. The summed E-state index contributed by atoms with van der Waals surface area (Å²) >= 11 is 0. The molecule has 0 aromatic carbocycles. The first kappa shape index (κ1) is 14.5. The first-order valence-electron chi connectivity index (χ1n) is 7.41. The zero-order chi connectivity index (χ0) is 13.9. The summed E-state index contributed by atoms with van der Waals surface area (Å²) in [5, 5.41) is 3.65. The predicted molar refractivity (Wildman–Crippen MR) is 79.0 cm³/mol. The number of rotatable bonds is 4. The van der Waals surface area contributed by atoms with E-state index >= 15 is 0 Å². The summed E-state index contributed by atoms with van der Waals surface area (Å²) in [5.41, 5.74) is 0.201. The van der Waals surface area contributed by atoms with Crippen molar-refractivity contribution in [2.24, 2.45) is 7.05 Å². The molecule has 0 aliphatic carbocycles. The van der Waals surface area contributed by atoms with E-state index in [-0.39, 0.29) is 5.54 Å². The molecule has 2 rings (SSSR count). The second-order valence-electron chi connectivity index (χ2n) is 6.71. The Kier molecular flexibility index (Phi) is 4.63. The zero-order valence-corrected chi connectivity index (χ0v) is 12.8. The SMILES string of the molecule is Cn1ccnc1CN1CCCCC1CNC(C)(C)C. The molecule has 2 heterocycles. The van der Waals surface area contributed by atoms with Gasteiger partial charge in [0.15, 0.2) is 0 Å². The number of likely N-dealkylation sites (tertiary alicyclic amines) is 1. The Labute approximate surface area is 117 Å². The second kappa shape index (κ2) is 6.06. The van der Waals surface area contributed by atoms with Gasteiger partial charge in [0, 0.05) is 37.6 Å². The highest BCUT2D eigenvalue weighted by atomic mass is 15.2. The minimum Gasteiger partial charge on any atom is -0.337 e. The van der Waals surface area contributed by atoms with Crippen LogP contribution in [0.15, 0.2) is 12.4 Å². The van der Waals surface area contributed by atoms with E-state index in [0.717, 1.165) is 13.1 Å². The summed E-state index contributed by atoms with van der Waals surface area (Å²) in [5.74, 6) is 1.17. The van der Waals surface area contributed by atoms with Gasteiger partial charge < -0.3 is 9.88 Å². The molecular formula is C15H28N4. The minimum atomic E-state index is 0.201. The molecule has 4 heteroatoms. The van der Waals surface area contributed by atoms with Crippen molar-refractivity contribution in [3.05, 3.63) is 18.2 Å². The van der Waals surface area contributed by atoms with Crippen molar-refractivity contribution in [2.45, 2.75) is 58.2 Å². The van der Waals surface area contributed by atoms with Crippen LogP contribution in [-0.2, 0) is 13.6 Å². The number of piperidine rings is 1. The predicted octanol–water partition coefficient (Wildman–Crippen LogP) is 2.16. The lowest BCUT2D eigenvalue weighted by Gasteiger charge is -2.37. The Morgan fingerprint density at radius 1 is 1.37 bits per heavy atom. The van der Waals surface area contributed by atoms with E-state index in [1.807, 2.05) is 12.4 Å². The fourth-order valence-corrected chi connectivity index (χ4v) is 2.65. The van der Waals surface area contributed by atoms with Crippen molar-refractivity contribution in [1.29, 1.82) is 0 Å². The number of aryl methyl sites for hydroxylation is 1. The monoisotopic (exact) mass is 264 g/mol. The summed E-state index contributed by atoms with van der Waals surface area (Å²) in [4.78, 5) is 7.04. The Hall–Kier alpha value is -0.870. The first-order valence-corrected chi connectivity index (χ1v) is 7.41. The van der Waals surface area contributed by atoms with Gasteiger partial charge in [-0.25, -0.2) is 4.98 Å². The highest BCUT2D eigenvalue weighted by Gasteiger charge is 2.24. The summed E-state index contributed by atoms with van der Waals surface area (Å²) in [6, 6.07) is 0.643. The summed E-state index contributed by atoms with van der Waals surface area (Å²) in [7, 11) is 2.08. The van der Waals surface area contributed by atoms with Gasteiger partial charge in [-0.15, -0.1) is 0 Å². The third-order valence-electron chi connectivity index (χ3n) is 3.88. The Bertz CT molecular complexity index is 391. The number of nitrogens with zero attached hydrogens (tertiary/aromatic N) is 3. The quantitative estimate of drug-likeness (QED) is 0.904. The molecule has 0 amide bonds. The maximum atomic E-state index is 4.45. The molecule has 0 spiro atoms. The van der Waals surface area contributed by atoms with E-state index in [4.69, 9.17) is 0 Å². The van der Waals surface area contributed by atoms with Crippen molar-refractivity contribution >= 4 is 0 Å². The Balaban J connectivity index is 1.94. The van der Waals surface area contributed by atoms with Crippen LogP contribution in [0.25, 0.3) is 0 Å². The number of hydrogen-bond acceptors (Lipinski definition) is 3. The lowest BCUT2D eigenvalue weighted by molar-refractivity contribution is 0.127. The third-order valence-corrected chi connectivity index (χ3v) is 3.88. The fourth-order valence-electron chi connectivity index (χ4n) is 2.65. The van der Waals surface area contributed by atoms with Crippen molar-refractivity contribution in [3.63, 3.8) is 0 Å². The molecule has 0 bridgehead atoms. The van der Waals surface area contributed by atoms with E-state index in [1.165, 1.54) is 31.6 Å². The smallest absolute Gasteiger partial charge is 0.122 e. The molecule has 19 heavy (non-hydrogen) atoms. The maximum absolute atomic E-state index is 4.45. The summed E-state index contributed by atoms with van der Waals surface area (Å²) in [6.45, 7) is 9.95. The van der Waals surface area contributed by atoms with E-state index in [1.54, 1.807) is 0 Å². The lowest BCUT2D eigenvalue weighted by atomic mass is 10.0. The molecule has 0 saturated carbocycles. The van der Waals surface area contributed by atoms with Gasteiger partial charge in [-0.1, -0.05) is 6.42 Å². The third kappa shape index (κ3) is 4.32. The first-order chi connectivity index (χ1) is 8.96. The van der Waals surface area contributed by atoms with Crippen LogP contribution in [-0.4, -0.2) is 39.1 Å². The van der Waals surface area contributed by atoms with Gasteiger partial charge in [-0.3, -0.25) is 4.90 Å². The minimum absolute atomic E-state index is 0.201. The van der Waals surface area contributed by atoms with E-state index < -0.39 is 0 Å². The van der Waals surface area contributed by atoms with E-state index in [9.17, 15) is 0 Å². The molecule has 4 nitrogen and oxygen atoms in total. The highest BCUT2D eigenvalue weighted by Crippen LogP contribution is 2.19. The molecule has 1 N–H and O–H groups in total. The van der Waals surface area contributed by atoms with Crippen LogP contribution in [0.5, 0.6) is 0 Å². The molecule has 1 aliphatic heterocycles. The summed E-state index contributed by atoms with van der Waals surface area (Å²) in [6.07, 6.45) is 7.89. The topological polar surface area (TPSA) is 33.1 Å². The van der Waals surface area contributed by atoms with Crippen LogP contribution in [0.3, 0.4) is 0 Å². The average Bonchev–Trinajstić information content (AvgIpc) is 2.73. The van der Waals surface area contributed by atoms with Crippen molar-refractivity contribution in [3.8, 4) is 0 Å². The van der Waals surface area contributed by atoms with Crippen molar-refractivity contribution in [2.75, 3.05) is 13.1 Å². The van der Waals surface area contributed by atoms with Gasteiger partial charge >= 0.3 is 0 Å². The normalized spacial score (nSPS) is 21.8. The highest BCUT2D eigenvalue weighted by molar-refractivity contribution is 4.93. The number of imidazole rings is 1. The zero-order valence-electron chi connectivity index (χ0n) is 12.8. The molecule has 0 radical (unpaired) electrons. The van der Waals surface area contributed by atoms with Crippen LogP contribution >= 0.6 is 0 Å². The van der Waals surface area contributed by atoms with Gasteiger partial charge in [0.1, 0.15) is 5.82 Å². The average molecular weight is 264 g/mol. The van der Waals surface area contributed by atoms with Gasteiger partial charge in [0.05, 0.1) is 6.54 Å². The second-order valence-corrected chi connectivity index (χ2v) is 6.71. The molecule has 1 saturated heterocycles. The molecule has 1 atom stereocenters.